The van der Waals surface area contributed by atoms with E-state index in [-0.39, 0.29) is 4.97 Å². The topological polar surface area (TPSA) is 88.3 Å². The maximum Gasteiger partial charge on any atom is 0.264 e. The molecule has 112 valence electrons. The monoisotopic (exact) mass is 292 g/mol. The molecule has 0 spiro atoms. The van der Waals surface area contributed by atoms with Crippen molar-refractivity contribution in [3.8, 4) is 0 Å². The average Bonchev–Trinajstić information content (AvgIpc) is 2.76. The highest BCUT2D eigenvalue weighted by Crippen LogP contribution is 2.24. The molecule has 0 aromatic heterocycles. The Balaban J connectivity index is 2.13. The fourth-order valence-corrected chi connectivity index (χ4v) is 1.88. The minimum absolute atomic E-state index is 0.259. The van der Waals surface area contributed by atoms with Crippen molar-refractivity contribution in [2.24, 2.45) is 5.28 Å². The average molecular weight is 292 g/mol. The first kappa shape index (κ1) is 14.8. The van der Waals surface area contributed by atoms with E-state index in [1.165, 1.54) is 19.0 Å². The van der Waals surface area contributed by atoms with Crippen LogP contribution in [0.25, 0.3) is 0 Å². The Morgan fingerprint density at radius 2 is 1.86 bits per heavy atom. The van der Waals surface area contributed by atoms with Crippen molar-refractivity contribution in [2.75, 3.05) is 13.6 Å². The third kappa shape index (κ3) is 2.64. The molecule has 1 unspecified atom stereocenters. The van der Waals surface area contributed by atoms with Crippen molar-refractivity contribution in [3.63, 3.8) is 0 Å². The number of hydrazine groups is 1. The highest BCUT2D eigenvalue weighted by atomic mass is 16.7. The number of carbonyl (C=O) groups is 2. The molecular weight excluding hydrogens is 276 g/mol. The van der Waals surface area contributed by atoms with Gasteiger partial charge in [0.15, 0.2) is 0 Å². The Morgan fingerprint density at radius 3 is 2.33 bits per heavy atom. The van der Waals surface area contributed by atoms with Crippen molar-refractivity contribution in [3.05, 3.63) is 40.6 Å². The summed E-state index contributed by atoms with van der Waals surface area (Å²) in [6.07, 6.45) is -0.973. The lowest BCUT2D eigenvalue weighted by Gasteiger charge is -2.19. The van der Waals surface area contributed by atoms with E-state index >= 15 is 0 Å². The molecular formula is C13H16N4O4. The van der Waals surface area contributed by atoms with Crippen LogP contribution in [0.5, 0.6) is 0 Å². The van der Waals surface area contributed by atoms with Gasteiger partial charge in [0.05, 0.1) is 29.7 Å². The second kappa shape index (κ2) is 5.78. The van der Waals surface area contributed by atoms with Gasteiger partial charge in [-0.05, 0) is 26.0 Å². The van der Waals surface area contributed by atoms with Crippen LogP contribution in [0.15, 0.2) is 29.5 Å². The summed E-state index contributed by atoms with van der Waals surface area (Å²) in [5.74, 6) is -0.917. The van der Waals surface area contributed by atoms with Crippen LogP contribution in [0.2, 0.25) is 0 Å². The fraction of sp³-hybridized carbons (Fsp3) is 0.385. The summed E-state index contributed by atoms with van der Waals surface area (Å²) < 4.78 is 0. The van der Waals surface area contributed by atoms with Crippen LogP contribution in [-0.4, -0.2) is 46.5 Å². The molecule has 2 amide bonds. The minimum Gasteiger partial charge on any atom is -0.569 e. The molecule has 0 radical (unpaired) electrons. The Kier molecular flexibility index (Phi) is 4.06. The normalized spacial score (nSPS) is 16.0. The minimum atomic E-state index is -0.973. The number of imide groups is 1. The van der Waals surface area contributed by atoms with E-state index in [4.69, 9.17) is 4.84 Å². The van der Waals surface area contributed by atoms with Gasteiger partial charge in [-0.25, -0.2) is 4.90 Å². The van der Waals surface area contributed by atoms with E-state index in [9.17, 15) is 14.8 Å². The Morgan fingerprint density at radius 1 is 1.33 bits per heavy atom. The summed E-state index contributed by atoms with van der Waals surface area (Å²) in [6.45, 7) is 3.69. The van der Waals surface area contributed by atoms with Gasteiger partial charge >= 0.3 is 0 Å². The van der Waals surface area contributed by atoms with E-state index in [2.05, 4.69) is 5.28 Å². The first-order chi connectivity index (χ1) is 9.97. The van der Waals surface area contributed by atoms with E-state index in [1.54, 1.807) is 31.2 Å². The van der Waals surface area contributed by atoms with Crippen molar-refractivity contribution in [1.82, 2.24) is 9.91 Å². The number of benzene rings is 1. The Bertz CT molecular complexity index is 567. The first-order valence-electron chi connectivity index (χ1n) is 6.49. The molecule has 0 saturated carbocycles. The number of carbonyl (C=O) groups excluding carboxylic acids is 2. The molecule has 1 aliphatic heterocycles. The molecule has 0 fully saturated rings. The van der Waals surface area contributed by atoms with Gasteiger partial charge in [0.2, 0.25) is 11.5 Å². The summed E-state index contributed by atoms with van der Waals surface area (Å²) in [7, 11) is 1.53. The van der Waals surface area contributed by atoms with Gasteiger partial charge in [-0.2, -0.15) is 0 Å². The van der Waals surface area contributed by atoms with Gasteiger partial charge in [0.25, 0.3) is 11.8 Å². The number of amides is 2. The van der Waals surface area contributed by atoms with Crippen molar-refractivity contribution >= 4 is 11.8 Å². The van der Waals surface area contributed by atoms with Crippen LogP contribution < -0.4 is 0 Å². The summed E-state index contributed by atoms with van der Waals surface area (Å²) in [5, 5.41) is 16.0. The number of fused-ring (bicyclic) bond motifs is 1. The highest BCUT2D eigenvalue weighted by molar-refractivity contribution is 6.21. The second-order valence-corrected chi connectivity index (χ2v) is 4.54. The second-order valence-electron chi connectivity index (χ2n) is 4.54. The zero-order chi connectivity index (χ0) is 15.6. The van der Waals surface area contributed by atoms with Crippen LogP contribution in [0.4, 0.5) is 0 Å². The number of hydrogen-bond donors (Lipinski definition) is 0. The first-order valence-corrected chi connectivity index (χ1v) is 6.49. The van der Waals surface area contributed by atoms with Gasteiger partial charge in [-0.15, -0.1) is 5.01 Å². The third-order valence-corrected chi connectivity index (χ3v) is 3.21. The lowest BCUT2D eigenvalue weighted by Crippen LogP contribution is -2.39. The van der Waals surface area contributed by atoms with Crippen LogP contribution in [0.1, 0.15) is 34.6 Å². The molecule has 2 rings (SSSR count). The third-order valence-electron chi connectivity index (χ3n) is 3.21. The molecule has 8 nitrogen and oxygen atoms in total. The standard InChI is InChI=1S/C13H16N4O4/c1-4-15(3)17(20)14-21-9(2)16-12(18)10-7-5-6-8-11(10)13(16)19/h5-9H,4H2,1-3H3/b17-14-. The smallest absolute Gasteiger partial charge is 0.264 e. The van der Waals surface area contributed by atoms with Crippen molar-refractivity contribution < 1.29 is 19.4 Å². The predicted molar refractivity (Wildman–Crippen MR) is 71.8 cm³/mol. The largest absolute Gasteiger partial charge is 0.569 e. The molecule has 8 heteroatoms. The lowest BCUT2D eigenvalue weighted by atomic mass is 10.1. The SMILES string of the molecule is CCN(C)/[N+]([O-])=N/OC(C)N1C(=O)c2ccccc2C1=O. The van der Waals surface area contributed by atoms with Gasteiger partial charge in [-0.3, -0.25) is 9.59 Å². The van der Waals surface area contributed by atoms with Crippen LogP contribution in [0.3, 0.4) is 0 Å². The zero-order valence-corrected chi connectivity index (χ0v) is 12.0. The van der Waals surface area contributed by atoms with Crippen molar-refractivity contribution in [1.29, 1.82) is 0 Å². The molecule has 1 atom stereocenters. The molecule has 0 bridgehead atoms. The van der Waals surface area contributed by atoms with E-state index in [0.717, 1.165) is 4.90 Å². The fourth-order valence-electron chi connectivity index (χ4n) is 1.88. The van der Waals surface area contributed by atoms with Gasteiger partial charge in [0.1, 0.15) is 0 Å². The molecule has 0 saturated heterocycles. The van der Waals surface area contributed by atoms with E-state index in [1.807, 2.05) is 0 Å². The lowest BCUT2D eigenvalue weighted by molar-refractivity contribution is -0.706. The molecule has 21 heavy (non-hydrogen) atoms. The molecule has 1 aliphatic rings. The Labute approximate surface area is 121 Å². The maximum atomic E-state index is 12.2. The van der Waals surface area contributed by atoms with Gasteiger partial charge in [0, 0.05) is 0 Å². The molecule has 1 aromatic carbocycles. The van der Waals surface area contributed by atoms with Gasteiger partial charge < -0.3 is 10.0 Å². The molecule has 1 aromatic rings. The quantitative estimate of drug-likeness (QED) is 0.354. The number of hydrogen-bond acceptors (Lipinski definition) is 5. The van der Waals surface area contributed by atoms with Gasteiger partial charge in [-0.1, -0.05) is 12.1 Å². The van der Waals surface area contributed by atoms with Crippen LogP contribution in [-0.2, 0) is 4.84 Å². The van der Waals surface area contributed by atoms with Crippen LogP contribution in [0, 0.1) is 5.21 Å². The highest BCUT2D eigenvalue weighted by Gasteiger charge is 2.39. The number of rotatable bonds is 5. The molecule has 0 aliphatic carbocycles. The molecule has 1 heterocycles. The summed E-state index contributed by atoms with van der Waals surface area (Å²) in [6, 6.07) is 6.51. The zero-order valence-electron chi connectivity index (χ0n) is 12.0. The number of nitrogens with zero attached hydrogens (tertiary/aromatic N) is 4. The Hall–Kier alpha value is -2.64. The van der Waals surface area contributed by atoms with Crippen LogP contribution >= 0.6 is 0 Å². The summed E-state index contributed by atoms with van der Waals surface area (Å²) >= 11 is 0. The van der Waals surface area contributed by atoms with E-state index in [0.29, 0.717) is 17.7 Å². The van der Waals surface area contributed by atoms with E-state index < -0.39 is 18.0 Å². The predicted octanol–water partition coefficient (Wildman–Crippen LogP) is 1.39. The maximum absolute atomic E-state index is 12.2. The summed E-state index contributed by atoms with van der Waals surface area (Å²) in [4.78, 5) is 30.5. The summed E-state index contributed by atoms with van der Waals surface area (Å²) in [5.41, 5.74) is 0.644. The van der Waals surface area contributed by atoms with Crippen molar-refractivity contribution in [2.45, 2.75) is 20.1 Å². The molecule has 0 N–H and O–H groups in total.